The van der Waals surface area contributed by atoms with Crippen molar-refractivity contribution >= 4 is 34.2 Å². The highest BCUT2D eigenvalue weighted by Gasteiger charge is 2.33. The van der Waals surface area contributed by atoms with E-state index in [0.717, 1.165) is 17.7 Å². The van der Waals surface area contributed by atoms with Crippen LogP contribution in [0.1, 0.15) is 22.3 Å². The van der Waals surface area contributed by atoms with Crippen molar-refractivity contribution < 1.29 is 18.0 Å². The second-order valence-corrected chi connectivity index (χ2v) is 6.55. The van der Waals surface area contributed by atoms with Gasteiger partial charge in [-0.3, -0.25) is 4.79 Å². The van der Waals surface area contributed by atoms with Crippen molar-refractivity contribution in [2.24, 2.45) is 0 Å². The van der Waals surface area contributed by atoms with Gasteiger partial charge >= 0.3 is 6.18 Å². The highest BCUT2D eigenvalue weighted by atomic mass is 32.2. The lowest BCUT2D eigenvalue weighted by Crippen LogP contribution is -2.25. The molecule has 1 fully saturated rings. The van der Waals surface area contributed by atoms with E-state index in [0.29, 0.717) is 21.9 Å². The van der Waals surface area contributed by atoms with Gasteiger partial charge in [0.1, 0.15) is 4.32 Å². The molecule has 0 saturated carbocycles. The third kappa shape index (κ3) is 3.15. The summed E-state index contributed by atoms with van der Waals surface area (Å²) in [6.45, 7) is 3.26. The predicted octanol–water partition coefficient (Wildman–Crippen LogP) is 3.38. The number of halogens is 3. The quantitative estimate of drug-likeness (QED) is 0.847. The Balaban J connectivity index is 2.30. The standard InChI is InChI=1S/C13H12F3NOS2/c1-6-3-8(13(14,15)16)4-7(2)9(6)5-10-11(18)17-12(19)20-10/h3-4,10H,5H2,1-2H3,(H,17,18,19). The lowest BCUT2D eigenvalue weighted by atomic mass is 9.95. The highest BCUT2D eigenvalue weighted by molar-refractivity contribution is 8.24. The minimum absolute atomic E-state index is 0.182. The van der Waals surface area contributed by atoms with Crippen molar-refractivity contribution in [3.63, 3.8) is 0 Å². The van der Waals surface area contributed by atoms with E-state index in [1.54, 1.807) is 13.8 Å². The fraction of sp³-hybridized carbons (Fsp3) is 0.385. The summed E-state index contributed by atoms with van der Waals surface area (Å²) in [5.74, 6) is -0.182. The van der Waals surface area contributed by atoms with Gasteiger partial charge in [-0.2, -0.15) is 13.2 Å². The van der Waals surface area contributed by atoms with Gasteiger partial charge in [0.15, 0.2) is 0 Å². The normalized spacial score (nSPS) is 19.4. The van der Waals surface area contributed by atoms with Crippen LogP contribution >= 0.6 is 24.0 Å². The molecule has 0 aliphatic carbocycles. The van der Waals surface area contributed by atoms with Gasteiger partial charge in [0.05, 0.1) is 10.8 Å². The molecule has 1 amide bonds. The van der Waals surface area contributed by atoms with E-state index in [2.05, 4.69) is 5.32 Å². The van der Waals surface area contributed by atoms with Crippen LogP contribution in [0.4, 0.5) is 13.2 Å². The van der Waals surface area contributed by atoms with E-state index in [9.17, 15) is 18.0 Å². The molecule has 0 radical (unpaired) electrons. The molecule has 0 bridgehead atoms. The van der Waals surface area contributed by atoms with E-state index in [4.69, 9.17) is 12.2 Å². The van der Waals surface area contributed by atoms with Gasteiger partial charge in [-0.1, -0.05) is 24.0 Å². The van der Waals surface area contributed by atoms with E-state index in [1.807, 2.05) is 0 Å². The van der Waals surface area contributed by atoms with E-state index < -0.39 is 11.7 Å². The monoisotopic (exact) mass is 319 g/mol. The fourth-order valence-electron chi connectivity index (χ4n) is 2.19. The predicted molar refractivity (Wildman–Crippen MR) is 76.7 cm³/mol. The maximum Gasteiger partial charge on any atom is 0.416 e. The number of alkyl halides is 3. The Morgan fingerprint density at radius 3 is 2.25 bits per heavy atom. The first-order valence-corrected chi connectivity index (χ1v) is 7.16. The first-order chi connectivity index (χ1) is 9.18. The molecule has 1 unspecified atom stereocenters. The number of thioether (sulfide) groups is 1. The Morgan fingerprint density at radius 1 is 1.30 bits per heavy atom. The van der Waals surface area contributed by atoms with Crippen LogP contribution in [0.3, 0.4) is 0 Å². The summed E-state index contributed by atoms with van der Waals surface area (Å²) in [6.07, 6.45) is -3.97. The first kappa shape index (κ1) is 15.3. The molecular formula is C13H12F3NOS2. The summed E-state index contributed by atoms with van der Waals surface area (Å²) in [5, 5.41) is 2.17. The molecule has 0 aromatic heterocycles. The molecule has 2 nitrogen and oxygen atoms in total. The number of hydrogen-bond donors (Lipinski definition) is 1. The van der Waals surface area contributed by atoms with Gasteiger partial charge in [0.25, 0.3) is 0 Å². The van der Waals surface area contributed by atoms with Crippen molar-refractivity contribution in [2.75, 3.05) is 0 Å². The molecule has 1 atom stereocenters. The molecule has 0 spiro atoms. The zero-order valence-electron chi connectivity index (χ0n) is 10.8. The Kier molecular flexibility index (Phi) is 4.11. The number of benzene rings is 1. The summed E-state index contributed by atoms with van der Waals surface area (Å²) in [4.78, 5) is 11.6. The molecule has 7 heteroatoms. The second kappa shape index (κ2) is 5.37. The Hall–Kier alpha value is -1.08. The fourth-order valence-corrected chi connectivity index (χ4v) is 3.48. The third-order valence-electron chi connectivity index (χ3n) is 3.18. The topological polar surface area (TPSA) is 29.1 Å². The summed E-state index contributed by atoms with van der Waals surface area (Å²) < 4.78 is 38.6. The number of rotatable bonds is 2. The molecule has 1 aromatic rings. The number of amides is 1. The van der Waals surface area contributed by atoms with Crippen LogP contribution < -0.4 is 5.32 Å². The van der Waals surface area contributed by atoms with E-state index in [1.165, 1.54) is 11.8 Å². The average Bonchev–Trinajstić information content (AvgIpc) is 2.61. The largest absolute Gasteiger partial charge is 0.416 e. The zero-order chi connectivity index (χ0) is 15.1. The Bertz CT molecular complexity index is 560. The number of aryl methyl sites for hydroxylation is 2. The molecule has 2 rings (SSSR count). The van der Waals surface area contributed by atoms with Crippen molar-refractivity contribution in [1.29, 1.82) is 0 Å². The maximum atomic E-state index is 12.7. The van der Waals surface area contributed by atoms with Crippen LogP contribution in [0.2, 0.25) is 0 Å². The van der Waals surface area contributed by atoms with Crippen molar-refractivity contribution in [3.8, 4) is 0 Å². The van der Waals surface area contributed by atoms with Crippen LogP contribution in [-0.4, -0.2) is 15.5 Å². The van der Waals surface area contributed by atoms with E-state index in [-0.39, 0.29) is 11.2 Å². The number of hydrogen-bond acceptors (Lipinski definition) is 3. The molecule has 108 valence electrons. The lowest BCUT2D eigenvalue weighted by molar-refractivity contribution is -0.137. The van der Waals surface area contributed by atoms with E-state index >= 15 is 0 Å². The maximum absolute atomic E-state index is 12.7. The van der Waals surface area contributed by atoms with Gasteiger partial charge in [0, 0.05) is 0 Å². The first-order valence-electron chi connectivity index (χ1n) is 5.87. The van der Waals surface area contributed by atoms with Crippen molar-refractivity contribution in [1.82, 2.24) is 5.32 Å². The van der Waals surface area contributed by atoms with Gasteiger partial charge in [-0.05, 0) is 49.1 Å². The molecule has 20 heavy (non-hydrogen) atoms. The SMILES string of the molecule is Cc1cc(C(F)(F)F)cc(C)c1CC1SC(=S)NC1=O. The Labute approximate surface area is 124 Å². The zero-order valence-corrected chi connectivity index (χ0v) is 12.4. The second-order valence-electron chi connectivity index (χ2n) is 4.67. The molecule has 1 aromatic carbocycles. The average molecular weight is 319 g/mol. The van der Waals surface area contributed by atoms with Crippen LogP contribution in [-0.2, 0) is 17.4 Å². The molecule has 1 aliphatic heterocycles. The van der Waals surface area contributed by atoms with Gasteiger partial charge in [-0.25, -0.2) is 0 Å². The van der Waals surface area contributed by atoms with Crippen LogP contribution in [0, 0.1) is 13.8 Å². The molecule has 1 heterocycles. The van der Waals surface area contributed by atoms with Crippen LogP contribution in [0.15, 0.2) is 12.1 Å². The molecule has 1 saturated heterocycles. The van der Waals surface area contributed by atoms with Gasteiger partial charge < -0.3 is 5.32 Å². The minimum Gasteiger partial charge on any atom is -0.311 e. The van der Waals surface area contributed by atoms with Crippen molar-refractivity contribution in [2.45, 2.75) is 31.7 Å². The Morgan fingerprint density at radius 2 is 1.85 bits per heavy atom. The van der Waals surface area contributed by atoms with Crippen LogP contribution in [0.25, 0.3) is 0 Å². The number of carbonyl (C=O) groups excluding carboxylic acids is 1. The minimum atomic E-state index is -4.35. The molecular weight excluding hydrogens is 307 g/mol. The smallest absolute Gasteiger partial charge is 0.311 e. The highest BCUT2D eigenvalue weighted by Crippen LogP contribution is 2.33. The number of carbonyl (C=O) groups is 1. The number of nitrogens with one attached hydrogen (secondary N) is 1. The molecule has 1 N–H and O–H groups in total. The van der Waals surface area contributed by atoms with Crippen LogP contribution in [0.5, 0.6) is 0 Å². The summed E-state index contributed by atoms with van der Waals surface area (Å²) in [6, 6.07) is 2.25. The van der Waals surface area contributed by atoms with Crippen molar-refractivity contribution in [3.05, 3.63) is 34.4 Å². The lowest BCUT2D eigenvalue weighted by Gasteiger charge is -2.16. The summed E-state index contributed by atoms with van der Waals surface area (Å²) in [7, 11) is 0. The third-order valence-corrected chi connectivity index (χ3v) is 4.55. The number of thiocarbonyl (C=S) groups is 1. The van der Waals surface area contributed by atoms with Gasteiger partial charge in [0.2, 0.25) is 5.91 Å². The van der Waals surface area contributed by atoms with Gasteiger partial charge in [-0.15, -0.1) is 0 Å². The summed E-state index contributed by atoms with van der Waals surface area (Å²) in [5.41, 5.74) is 1.21. The molecule has 1 aliphatic rings. The summed E-state index contributed by atoms with van der Waals surface area (Å²) >= 11 is 6.15.